The fraction of sp³-hybridized carbons (Fsp3) is 0.353. The summed E-state index contributed by atoms with van der Waals surface area (Å²) in [5, 5.41) is 2.79. The van der Waals surface area contributed by atoms with Crippen LogP contribution in [-0.2, 0) is 4.79 Å². The van der Waals surface area contributed by atoms with Gasteiger partial charge < -0.3 is 5.32 Å². The Morgan fingerprint density at radius 2 is 1.53 bits per heavy atom. The van der Waals surface area contributed by atoms with Gasteiger partial charge in [-0.25, -0.2) is 0 Å². The van der Waals surface area contributed by atoms with Crippen molar-refractivity contribution >= 4 is 5.91 Å². The van der Waals surface area contributed by atoms with Crippen molar-refractivity contribution in [2.24, 2.45) is 0 Å². The molecule has 0 heterocycles. The van der Waals surface area contributed by atoms with Crippen LogP contribution in [0.15, 0.2) is 60.8 Å². The van der Waals surface area contributed by atoms with E-state index in [4.69, 9.17) is 0 Å². The molecule has 0 saturated carbocycles. The van der Waals surface area contributed by atoms with Crippen molar-refractivity contribution in [3.05, 3.63) is 60.8 Å². The Labute approximate surface area is 117 Å². The molecule has 0 aliphatic carbocycles. The van der Waals surface area contributed by atoms with E-state index in [1.807, 2.05) is 57.2 Å². The maximum atomic E-state index is 11.3. The maximum Gasteiger partial charge on any atom is 0.244 e. The number of allylic oxidation sites excluding steroid dienone is 9. The highest BCUT2D eigenvalue weighted by molar-refractivity contribution is 5.87. The van der Waals surface area contributed by atoms with E-state index in [1.54, 1.807) is 12.2 Å². The molecular weight excluding hydrogens is 234 g/mol. The summed E-state index contributed by atoms with van der Waals surface area (Å²) in [6, 6.07) is 0.182. The molecule has 0 aromatic rings. The molecule has 0 unspecified atom stereocenters. The molecule has 0 atom stereocenters. The first kappa shape index (κ1) is 17.2. The molecule has 19 heavy (non-hydrogen) atoms. The zero-order valence-electron chi connectivity index (χ0n) is 12.2. The molecule has 104 valence electrons. The fourth-order valence-electron chi connectivity index (χ4n) is 1.26. The van der Waals surface area contributed by atoms with Crippen LogP contribution < -0.4 is 5.32 Å². The van der Waals surface area contributed by atoms with Crippen molar-refractivity contribution in [3.63, 3.8) is 0 Å². The van der Waals surface area contributed by atoms with Gasteiger partial charge in [-0.15, -0.1) is 0 Å². The first-order valence-electron chi connectivity index (χ1n) is 6.75. The van der Waals surface area contributed by atoms with E-state index >= 15 is 0 Å². The normalized spacial score (nSPS) is 13.1. The van der Waals surface area contributed by atoms with Gasteiger partial charge in [-0.2, -0.15) is 0 Å². The van der Waals surface area contributed by atoms with Crippen molar-refractivity contribution in [3.8, 4) is 0 Å². The van der Waals surface area contributed by atoms with E-state index in [9.17, 15) is 4.79 Å². The Kier molecular flexibility index (Phi) is 11.4. The Balaban J connectivity index is 3.69. The van der Waals surface area contributed by atoms with Crippen LogP contribution in [0.2, 0.25) is 0 Å². The molecule has 0 aliphatic rings. The molecule has 0 bridgehead atoms. The maximum absolute atomic E-state index is 11.3. The van der Waals surface area contributed by atoms with Gasteiger partial charge in [-0.1, -0.05) is 54.7 Å². The van der Waals surface area contributed by atoms with Gasteiger partial charge in [0.2, 0.25) is 5.91 Å². The van der Waals surface area contributed by atoms with Gasteiger partial charge in [0.1, 0.15) is 0 Å². The number of rotatable bonds is 8. The van der Waals surface area contributed by atoms with Crippen LogP contribution in [0, 0.1) is 0 Å². The molecule has 0 aromatic heterocycles. The van der Waals surface area contributed by atoms with Crippen LogP contribution in [0.5, 0.6) is 0 Å². The van der Waals surface area contributed by atoms with Gasteiger partial charge in [0, 0.05) is 12.1 Å². The fourth-order valence-corrected chi connectivity index (χ4v) is 1.26. The summed E-state index contributed by atoms with van der Waals surface area (Å²) in [4.78, 5) is 11.3. The highest BCUT2D eigenvalue weighted by Gasteiger charge is 1.95. The topological polar surface area (TPSA) is 29.1 Å². The second kappa shape index (κ2) is 12.6. The van der Waals surface area contributed by atoms with E-state index < -0.39 is 0 Å². The smallest absolute Gasteiger partial charge is 0.244 e. The summed E-state index contributed by atoms with van der Waals surface area (Å²) < 4.78 is 0. The average Bonchev–Trinajstić information content (AvgIpc) is 2.35. The minimum absolute atomic E-state index is 0.0475. The second-order valence-corrected chi connectivity index (χ2v) is 4.37. The third-order valence-corrected chi connectivity index (χ3v) is 2.09. The van der Waals surface area contributed by atoms with Gasteiger partial charge in [-0.05, 0) is 33.6 Å². The lowest BCUT2D eigenvalue weighted by Gasteiger charge is -2.03. The Bertz CT molecular complexity index is 371. The number of amides is 1. The zero-order chi connectivity index (χ0) is 14.3. The molecule has 0 spiro atoms. The summed E-state index contributed by atoms with van der Waals surface area (Å²) in [5.74, 6) is -0.0475. The third kappa shape index (κ3) is 14.1. The van der Waals surface area contributed by atoms with E-state index in [2.05, 4.69) is 17.5 Å². The van der Waals surface area contributed by atoms with Crippen LogP contribution >= 0.6 is 0 Å². The first-order valence-corrected chi connectivity index (χ1v) is 6.75. The van der Waals surface area contributed by atoms with Crippen LogP contribution in [0.3, 0.4) is 0 Å². The summed E-state index contributed by atoms with van der Waals surface area (Å²) in [5.41, 5.74) is 0. The van der Waals surface area contributed by atoms with Gasteiger partial charge in [0.05, 0.1) is 0 Å². The molecule has 2 nitrogen and oxygen atoms in total. The molecule has 1 amide bonds. The molecule has 0 aromatic carbocycles. The summed E-state index contributed by atoms with van der Waals surface area (Å²) >= 11 is 0. The molecule has 0 radical (unpaired) electrons. The number of unbranched alkanes of at least 4 members (excludes halogenated alkanes) is 1. The van der Waals surface area contributed by atoms with Crippen LogP contribution in [0.25, 0.3) is 0 Å². The molecule has 1 N–H and O–H groups in total. The van der Waals surface area contributed by atoms with Crippen molar-refractivity contribution in [1.29, 1.82) is 0 Å². The van der Waals surface area contributed by atoms with E-state index in [0.717, 1.165) is 12.8 Å². The first-order chi connectivity index (χ1) is 9.16. The zero-order valence-corrected chi connectivity index (χ0v) is 12.2. The minimum Gasteiger partial charge on any atom is -0.350 e. The summed E-state index contributed by atoms with van der Waals surface area (Å²) in [6.45, 7) is 5.88. The van der Waals surface area contributed by atoms with E-state index in [1.165, 1.54) is 0 Å². The predicted octanol–water partition coefficient (Wildman–Crippen LogP) is 4.09. The largest absolute Gasteiger partial charge is 0.350 e. The second-order valence-electron chi connectivity index (χ2n) is 4.37. The van der Waals surface area contributed by atoms with Gasteiger partial charge in [-0.3, -0.25) is 4.79 Å². The molecule has 2 heteroatoms. The summed E-state index contributed by atoms with van der Waals surface area (Å²) in [6.07, 6.45) is 21.4. The number of hydrogen-bond acceptors (Lipinski definition) is 1. The van der Waals surface area contributed by atoms with Gasteiger partial charge in [0.25, 0.3) is 0 Å². The summed E-state index contributed by atoms with van der Waals surface area (Å²) in [7, 11) is 0. The number of nitrogens with one attached hydrogen (secondary N) is 1. The minimum atomic E-state index is -0.0475. The lowest BCUT2D eigenvalue weighted by molar-refractivity contribution is -0.116. The highest BCUT2D eigenvalue weighted by Crippen LogP contribution is 1.94. The SMILES string of the molecule is C/C=C/C=C/C=C\CC/C=C/C=C/C(=O)NC(C)C. The van der Waals surface area contributed by atoms with Crippen molar-refractivity contribution < 1.29 is 4.79 Å². The third-order valence-electron chi connectivity index (χ3n) is 2.09. The molecule has 0 saturated heterocycles. The van der Waals surface area contributed by atoms with Crippen molar-refractivity contribution in [2.75, 3.05) is 0 Å². The van der Waals surface area contributed by atoms with Crippen molar-refractivity contribution in [2.45, 2.75) is 39.7 Å². The van der Waals surface area contributed by atoms with Gasteiger partial charge in [0.15, 0.2) is 0 Å². The van der Waals surface area contributed by atoms with Crippen LogP contribution in [0.4, 0.5) is 0 Å². The van der Waals surface area contributed by atoms with E-state index in [-0.39, 0.29) is 11.9 Å². The van der Waals surface area contributed by atoms with Crippen LogP contribution in [0.1, 0.15) is 33.6 Å². The Morgan fingerprint density at radius 3 is 2.11 bits per heavy atom. The highest BCUT2D eigenvalue weighted by atomic mass is 16.1. The standard InChI is InChI=1S/C17H25NO/c1-4-5-6-7-8-9-10-11-12-13-14-15-17(19)18-16(2)3/h4-9,12-16H,10-11H2,1-3H3,(H,18,19)/b5-4+,7-6+,9-8-,13-12+,15-14+. The Morgan fingerprint density at radius 1 is 0.947 bits per heavy atom. The molecular formula is C17H25NO. The Hall–Kier alpha value is -1.83. The predicted molar refractivity (Wildman–Crippen MR) is 83.9 cm³/mol. The van der Waals surface area contributed by atoms with Gasteiger partial charge >= 0.3 is 0 Å². The lowest BCUT2D eigenvalue weighted by atomic mass is 10.2. The quantitative estimate of drug-likeness (QED) is 0.397. The number of carbonyl (C=O) groups is 1. The lowest BCUT2D eigenvalue weighted by Crippen LogP contribution is -2.28. The average molecular weight is 259 g/mol. The number of hydrogen-bond donors (Lipinski definition) is 1. The number of carbonyl (C=O) groups excluding carboxylic acids is 1. The van der Waals surface area contributed by atoms with Crippen molar-refractivity contribution in [1.82, 2.24) is 5.32 Å². The molecule has 0 aliphatic heterocycles. The van der Waals surface area contributed by atoms with E-state index in [0.29, 0.717) is 0 Å². The van der Waals surface area contributed by atoms with Crippen LogP contribution in [-0.4, -0.2) is 11.9 Å². The molecule has 0 rings (SSSR count). The monoisotopic (exact) mass is 259 g/mol. The molecule has 0 fully saturated rings.